The zero-order chi connectivity index (χ0) is 17.4. The third kappa shape index (κ3) is 5.03. The first kappa shape index (κ1) is 17.4. The molecule has 0 bridgehead atoms. The van der Waals surface area contributed by atoms with Crippen LogP contribution >= 0.6 is 11.6 Å². The molecule has 2 rings (SSSR count). The molecule has 0 heterocycles. The first-order valence-corrected chi connectivity index (χ1v) is 7.27. The molecule has 0 aliphatic carbocycles. The van der Waals surface area contributed by atoms with E-state index in [-0.39, 0.29) is 5.03 Å². The van der Waals surface area contributed by atoms with E-state index in [9.17, 15) is 9.90 Å². The van der Waals surface area contributed by atoms with Crippen molar-refractivity contribution in [3.05, 3.63) is 65.4 Å². The van der Waals surface area contributed by atoms with Crippen molar-refractivity contribution in [2.24, 2.45) is 5.10 Å². The number of benzene rings is 2. The molecule has 0 aromatic heterocycles. The maximum absolute atomic E-state index is 11.3. The SMILES string of the molecule is COc1ccc(OC(C(=O)O)=C(Cl)C=NNc2ccccc2)cc1. The molecule has 0 amide bonds. The van der Waals surface area contributed by atoms with Crippen LogP contribution in [-0.2, 0) is 4.79 Å². The number of carboxylic acids is 1. The summed E-state index contributed by atoms with van der Waals surface area (Å²) in [6.07, 6.45) is 1.17. The number of nitrogens with zero attached hydrogens (tertiary/aromatic N) is 1. The van der Waals surface area contributed by atoms with Gasteiger partial charge in [-0.15, -0.1) is 0 Å². The van der Waals surface area contributed by atoms with Crippen LogP contribution in [0.25, 0.3) is 0 Å². The molecule has 7 heteroatoms. The number of carbonyl (C=O) groups is 1. The standard InChI is InChI=1S/C17H15ClN2O4/c1-23-13-7-9-14(10-8-13)24-16(17(21)22)15(18)11-19-20-12-5-3-2-4-6-12/h2-11,20H,1H3,(H,21,22). The molecule has 2 aromatic carbocycles. The molecular weight excluding hydrogens is 332 g/mol. The van der Waals surface area contributed by atoms with Gasteiger partial charge in [0.05, 0.1) is 19.0 Å². The molecule has 0 saturated carbocycles. The molecule has 2 aromatic rings. The van der Waals surface area contributed by atoms with E-state index in [0.717, 1.165) is 5.69 Å². The monoisotopic (exact) mass is 346 g/mol. The van der Waals surface area contributed by atoms with Gasteiger partial charge in [-0.2, -0.15) is 5.10 Å². The lowest BCUT2D eigenvalue weighted by molar-refractivity contribution is -0.135. The van der Waals surface area contributed by atoms with Crippen LogP contribution in [0.1, 0.15) is 0 Å². The van der Waals surface area contributed by atoms with Crippen molar-refractivity contribution in [2.45, 2.75) is 0 Å². The second-order valence-electron chi connectivity index (χ2n) is 4.50. The number of allylic oxidation sites excluding steroid dienone is 1. The Hall–Kier alpha value is -2.99. The number of anilines is 1. The Morgan fingerprint density at radius 3 is 2.33 bits per heavy atom. The molecule has 24 heavy (non-hydrogen) atoms. The second kappa shape index (κ2) is 8.59. The van der Waals surface area contributed by atoms with Crippen molar-refractivity contribution in [1.82, 2.24) is 0 Å². The minimum absolute atomic E-state index is 0.151. The van der Waals surface area contributed by atoms with Gasteiger partial charge in [0.2, 0.25) is 5.76 Å². The number of hydrogen-bond donors (Lipinski definition) is 2. The molecule has 0 fully saturated rings. The molecule has 0 aliphatic rings. The summed E-state index contributed by atoms with van der Waals surface area (Å²) in [5.74, 6) is -0.791. The number of methoxy groups -OCH3 is 1. The zero-order valence-corrected chi connectivity index (χ0v) is 13.5. The fourth-order valence-electron chi connectivity index (χ4n) is 1.69. The van der Waals surface area contributed by atoms with E-state index in [1.807, 2.05) is 18.2 Å². The molecule has 0 aliphatic heterocycles. The topological polar surface area (TPSA) is 80.2 Å². The maximum atomic E-state index is 11.3. The first-order valence-electron chi connectivity index (χ1n) is 6.89. The van der Waals surface area contributed by atoms with Crippen molar-refractivity contribution in [3.63, 3.8) is 0 Å². The van der Waals surface area contributed by atoms with E-state index in [4.69, 9.17) is 21.1 Å². The summed E-state index contributed by atoms with van der Waals surface area (Å²) >= 11 is 5.98. The highest BCUT2D eigenvalue weighted by molar-refractivity contribution is 6.41. The Bertz CT molecular complexity index is 743. The summed E-state index contributed by atoms with van der Waals surface area (Å²) in [4.78, 5) is 11.3. The maximum Gasteiger partial charge on any atom is 0.373 e. The third-order valence-electron chi connectivity index (χ3n) is 2.84. The van der Waals surface area contributed by atoms with Gasteiger partial charge in [-0.1, -0.05) is 29.8 Å². The highest BCUT2D eigenvalue weighted by Crippen LogP contribution is 2.21. The Kier molecular flexibility index (Phi) is 6.22. The number of carboxylic acid groups (broad SMARTS) is 1. The van der Waals surface area contributed by atoms with E-state index in [0.29, 0.717) is 11.5 Å². The number of hydrazone groups is 1. The smallest absolute Gasteiger partial charge is 0.373 e. The normalized spacial score (nSPS) is 11.8. The average molecular weight is 347 g/mol. The number of hydrogen-bond acceptors (Lipinski definition) is 5. The Labute approximate surface area is 144 Å². The van der Waals surface area contributed by atoms with Crippen LogP contribution in [0.3, 0.4) is 0 Å². The Morgan fingerprint density at radius 1 is 1.12 bits per heavy atom. The van der Waals surface area contributed by atoms with Crippen LogP contribution < -0.4 is 14.9 Å². The summed E-state index contributed by atoms with van der Waals surface area (Å²) in [6, 6.07) is 15.6. The van der Waals surface area contributed by atoms with E-state index in [1.54, 1.807) is 36.4 Å². The lowest BCUT2D eigenvalue weighted by atomic mass is 10.3. The van der Waals surface area contributed by atoms with Crippen molar-refractivity contribution < 1.29 is 19.4 Å². The number of rotatable bonds is 7. The van der Waals surface area contributed by atoms with E-state index in [2.05, 4.69) is 10.5 Å². The predicted molar refractivity (Wildman–Crippen MR) is 92.7 cm³/mol. The van der Waals surface area contributed by atoms with Crippen molar-refractivity contribution in [2.75, 3.05) is 12.5 Å². The molecule has 6 nitrogen and oxygen atoms in total. The summed E-state index contributed by atoms with van der Waals surface area (Å²) in [6.45, 7) is 0. The van der Waals surface area contributed by atoms with E-state index >= 15 is 0 Å². The predicted octanol–water partition coefficient (Wildman–Crippen LogP) is 3.71. The van der Waals surface area contributed by atoms with Crippen LogP contribution in [0, 0.1) is 0 Å². The van der Waals surface area contributed by atoms with E-state index < -0.39 is 11.7 Å². The lowest BCUT2D eigenvalue weighted by Crippen LogP contribution is -2.10. The van der Waals surface area contributed by atoms with Gasteiger partial charge >= 0.3 is 5.97 Å². The van der Waals surface area contributed by atoms with Gasteiger partial charge in [0.1, 0.15) is 16.5 Å². The first-order chi connectivity index (χ1) is 11.6. The molecule has 0 unspecified atom stereocenters. The van der Waals surface area contributed by atoms with Crippen molar-refractivity contribution in [3.8, 4) is 11.5 Å². The van der Waals surface area contributed by atoms with Crippen molar-refractivity contribution >= 4 is 29.5 Å². The minimum atomic E-state index is -1.30. The van der Waals surface area contributed by atoms with Crippen LogP contribution in [0.2, 0.25) is 0 Å². The molecular formula is C17H15ClN2O4. The number of para-hydroxylation sites is 1. The molecule has 124 valence electrons. The zero-order valence-electron chi connectivity index (χ0n) is 12.8. The van der Waals surface area contributed by atoms with Gasteiger partial charge in [-0.05, 0) is 36.4 Å². The third-order valence-corrected chi connectivity index (χ3v) is 3.11. The van der Waals surface area contributed by atoms with Gasteiger partial charge in [-0.25, -0.2) is 4.79 Å². The largest absolute Gasteiger partial charge is 0.497 e. The second-order valence-corrected chi connectivity index (χ2v) is 4.90. The molecule has 0 saturated heterocycles. The van der Waals surface area contributed by atoms with Crippen LogP contribution in [0.15, 0.2) is 70.5 Å². The van der Waals surface area contributed by atoms with Crippen LogP contribution in [0.5, 0.6) is 11.5 Å². The highest BCUT2D eigenvalue weighted by atomic mass is 35.5. The number of nitrogens with one attached hydrogen (secondary N) is 1. The summed E-state index contributed by atoms with van der Waals surface area (Å²) < 4.78 is 10.3. The average Bonchev–Trinajstić information content (AvgIpc) is 2.60. The summed E-state index contributed by atoms with van der Waals surface area (Å²) in [7, 11) is 1.53. The van der Waals surface area contributed by atoms with Gasteiger partial charge < -0.3 is 14.6 Å². The number of aliphatic carboxylic acids is 1. The Balaban J connectivity index is 2.11. The minimum Gasteiger partial charge on any atom is -0.497 e. The Morgan fingerprint density at radius 2 is 1.75 bits per heavy atom. The highest BCUT2D eigenvalue weighted by Gasteiger charge is 2.15. The van der Waals surface area contributed by atoms with Gasteiger partial charge in [0, 0.05) is 0 Å². The van der Waals surface area contributed by atoms with E-state index in [1.165, 1.54) is 13.3 Å². The molecule has 0 radical (unpaired) electrons. The van der Waals surface area contributed by atoms with Gasteiger partial charge in [0.25, 0.3) is 0 Å². The number of halogens is 1. The van der Waals surface area contributed by atoms with Crippen LogP contribution in [0.4, 0.5) is 5.69 Å². The fraction of sp³-hybridized carbons (Fsp3) is 0.0588. The number of ether oxygens (including phenoxy) is 2. The molecule has 0 atom stereocenters. The lowest BCUT2D eigenvalue weighted by Gasteiger charge is -2.08. The molecule has 2 N–H and O–H groups in total. The summed E-state index contributed by atoms with van der Waals surface area (Å²) in [5.41, 5.74) is 3.48. The molecule has 0 spiro atoms. The van der Waals surface area contributed by atoms with Gasteiger partial charge in [-0.3, -0.25) is 5.43 Å². The van der Waals surface area contributed by atoms with Crippen LogP contribution in [-0.4, -0.2) is 24.4 Å². The van der Waals surface area contributed by atoms with Gasteiger partial charge in [0.15, 0.2) is 0 Å². The fourth-order valence-corrected chi connectivity index (χ4v) is 1.86. The van der Waals surface area contributed by atoms with Crippen molar-refractivity contribution in [1.29, 1.82) is 0 Å². The summed E-state index contributed by atoms with van der Waals surface area (Å²) in [5, 5.41) is 13.0. The quantitative estimate of drug-likeness (QED) is 0.346.